The number of hydrogen-bond donors (Lipinski definition) is 1. The molecule has 0 unspecified atom stereocenters. The van der Waals surface area contributed by atoms with Crippen molar-refractivity contribution in [2.45, 2.75) is 19.7 Å². The maximum absolute atomic E-state index is 12.7. The lowest BCUT2D eigenvalue weighted by molar-refractivity contribution is -0.137. The van der Waals surface area contributed by atoms with Crippen molar-refractivity contribution in [1.82, 2.24) is 24.7 Å². The van der Waals surface area contributed by atoms with E-state index in [0.29, 0.717) is 22.8 Å². The molecule has 4 rings (SSSR count). The predicted molar refractivity (Wildman–Crippen MR) is 104 cm³/mol. The van der Waals surface area contributed by atoms with Crippen LogP contribution >= 0.6 is 0 Å². The van der Waals surface area contributed by atoms with Gasteiger partial charge in [0.05, 0.1) is 23.0 Å². The Morgan fingerprint density at radius 2 is 1.90 bits per heavy atom. The number of anilines is 1. The molecule has 0 aliphatic heterocycles. The van der Waals surface area contributed by atoms with Crippen LogP contribution in [0.25, 0.3) is 16.7 Å². The van der Waals surface area contributed by atoms with Gasteiger partial charge in [0.15, 0.2) is 18.2 Å². The van der Waals surface area contributed by atoms with Crippen LogP contribution in [0.3, 0.4) is 0 Å². The van der Waals surface area contributed by atoms with Crippen LogP contribution in [0.4, 0.5) is 19.0 Å². The van der Waals surface area contributed by atoms with Gasteiger partial charge in [-0.3, -0.25) is 0 Å². The minimum atomic E-state index is -4.49. The SMILES string of the molecule is Cc1c(C(=O)OCc2nc(N)c3ccccc3n2)cnn1-c1ccc(C(F)(F)F)cn1. The van der Waals surface area contributed by atoms with E-state index in [0.717, 1.165) is 6.07 Å². The largest absolute Gasteiger partial charge is 0.454 e. The third-order valence-electron chi connectivity index (χ3n) is 4.53. The Balaban J connectivity index is 1.51. The zero-order valence-electron chi connectivity index (χ0n) is 16.1. The van der Waals surface area contributed by atoms with Crippen LogP contribution in [0, 0.1) is 6.92 Å². The molecule has 8 nitrogen and oxygen atoms in total. The Labute approximate surface area is 173 Å². The molecule has 1 aromatic carbocycles. The van der Waals surface area contributed by atoms with E-state index in [4.69, 9.17) is 10.5 Å². The van der Waals surface area contributed by atoms with Crippen molar-refractivity contribution in [2.75, 3.05) is 5.73 Å². The van der Waals surface area contributed by atoms with E-state index in [1.165, 1.54) is 16.9 Å². The molecule has 4 aromatic rings. The minimum Gasteiger partial charge on any atom is -0.454 e. The number of para-hydroxylation sites is 1. The number of carbonyl (C=O) groups excluding carboxylic acids is 1. The highest BCUT2D eigenvalue weighted by Crippen LogP contribution is 2.29. The number of nitrogens with two attached hydrogens (primary N) is 1. The number of nitrogen functional groups attached to an aromatic ring is 1. The summed E-state index contributed by atoms with van der Waals surface area (Å²) in [7, 11) is 0. The Morgan fingerprint density at radius 1 is 1.13 bits per heavy atom. The van der Waals surface area contributed by atoms with Crippen LogP contribution in [0.15, 0.2) is 48.8 Å². The molecule has 0 aliphatic rings. The van der Waals surface area contributed by atoms with Gasteiger partial charge in [0.25, 0.3) is 0 Å². The lowest BCUT2D eigenvalue weighted by Crippen LogP contribution is -2.11. The van der Waals surface area contributed by atoms with Gasteiger partial charge in [0.2, 0.25) is 0 Å². The molecule has 0 saturated heterocycles. The first-order valence-corrected chi connectivity index (χ1v) is 9.00. The summed E-state index contributed by atoms with van der Waals surface area (Å²) in [5.74, 6) is -0.0470. The molecule has 0 aliphatic carbocycles. The number of benzene rings is 1. The van der Waals surface area contributed by atoms with Crippen molar-refractivity contribution in [3.8, 4) is 5.82 Å². The maximum atomic E-state index is 12.7. The van der Waals surface area contributed by atoms with Crippen molar-refractivity contribution in [3.05, 3.63) is 71.4 Å². The average Bonchev–Trinajstić information content (AvgIpc) is 3.13. The molecular formula is C20H15F3N6O2. The highest BCUT2D eigenvalue weighted by atomic mass is 19.4. The molecule has 31 heavy (non-hydrogen) atoms. The molecule has 0 spiro atoms. The van der Waals surface area contributed by atoms with Gasteiger partial charge in [-0.25, -0.2) is 24.4 Å². The highest BCUT2D eigenvalue weighted by molar-refractivity contribution is 5.90. The van der Waals surface area contributed by atoms with Gasteiger partial charge in [-0.2, -0.15) is 18.3 Å². The summed E-state index contributed by atoms with van der Waals surface area (Å²) in [6.07, 6.45) is -2.53. The maximum Gasteiger partial charge on any atom is 0.417 e. The molecule has 0 saturated carbocycles. The van der Waals surface area contributed by atoms with Crippen LogP contribution < -0.4 is 5.73 Å². The van der Waals surface area contributed by atoms with Crippen LogP contribution in [0.5, 0.6) is 0 Å². The Hall–Kier alpha value is -4.02. The van der Waals surface area contributed by atoms with E-state index in [9.17, 15) is 18.0 Å². The second-order valence-electron chi connectivity index (χ2n) is 6.58. The van der Waals surface area contributed by atoms with Gasteiger partial charge in [-0.15, -0.1) is 0 Å². The molecule has 3 aromatic heterocycles. The van der Waals surface area contributed by atoms with E-state index in [1.807, 2.05) is 6.07 Å². The molecule has 2 N–H and O–H groups in total. The van der Waals surface area contributed by atoms with E-state index >= 15 is 0 Å². The van der Waals surface area contributed by atoms with Gasteiger partial charge in [-0.1, -0.05) is 12.1 Å². The lowest BCUT2D eigenvalue weighted by atomic mass is 10.2. The van der Waals surface area contributed by atoms with Crippen molar-refractivity contribution in [1.29, 1.82) is 0 Å². The molecule has 0 radical (unpaired) electrons. The standard InChI is InChI=1S/C20H15F3N6O2/c1-11-14(9-26-29(11)17-7-6-12(8-25-17)20(21,22)23)19(30)31-10-16-27-15-5-3-2-4-13(15)18(24)28-16/h2-9H,10H2,1H3,(H2,24,27,28). The summed E-state index contributed by atoms with van der Waals surface area (Å²) in [4.78, 5) is 24.7. The first-order valence-electron chi connectivity index (χ1n) is 9.00. The van der Waals surface area contributed by atoms with E-state index < -0.39 is 17.7 Å². The number of halogens is 3. The predicted octanol–water partition coefficient (Wildman–Crippen LogP) is 3.48. The smallest absolute Gasteiger partial charge is 0.417 e. The van der Waals surface area contributed by atoms with Gasteiger partial charge in [0.1, 0.15) is 11.4 Å². The summed E-state index contributed by atoms with van der Waals surface area (Å²) in [6.45, 7) is 1.37. The van der Waals surface area contributed by atoms with Crippen LogP contribution in [0.2, 0.25) is 0 Å². The van der Waals surface area contributed by atoms with Crippen LogP contribution in [-0.4, -0.2) is 30.7 Å². The van der Waals surface area contributed by atoms with Gasteiger partial charge in [0, 0.05) is 11.6 Å². The van der Waals surface area contributed by atoms with Gasteiger partial charge in [-0.05, 0) is 31.2 Å². The number of alkyl halides is 3. The summed E-state index contributed by atoms with van der Waals surface area (Å²) >= 11 is 0. The number of fused-ring (bicyclic) bond motifs is 1. The summed E-state index contributed by atoms with van der Waals surface area (Å²) in [6, 6.07) is 9.23. The monoisotopic (exact) mass is 428 g/mol. The van der Waals surface area contributed by atoms with Crippen LogP contribution in [-0.2, 0) is 17.5 Å². The van der Waals surface area contributed by atoms with E-state index in [-0.39, 0.29) is 29.6 Å². The fraction of sp³-hybridized carbons (Fsp3) is 0.150. The summed E-state index contributed by atoms with van der Waals surface area (Å²) in [5.41, 5.74) is 6.16. The van der Waals surface area contributed by atoms with Gasteiger partial charge >= 0.3 is 12.1 Å². The summed E-state index contributed by atoms with van der Waals surface area (Å²) in [5, 5.41) is 4.72. The van der Waals surface area contributed by atoms with Crippen molar-refractivity contribution in [3.63, 3.8) is 0 Å². The van der Waals surface area contributed by atoms with Crippen LogP contribution in [0.1, 0.15) is 27.4 Å². The third kappa shape index (κ3) is 4.02. The fourth-order valence-corrected chi connectivity index (χ4v) is 2.94. The molecular weight excluding hydrogens is 413 g/mol. The van der Waals surface area contributed by atoms with Crippen molar-refractivity contribution < 1.29 is 22.7 Å². The molecule has 0 bridgehead atoms. The number of aromatic nitrogens is 5. The fourth-order valence-electron chi connectivity index (χ4n) is 2.94. The molecule has 0 fully saturated rings. The van der Waals surface area contributed by atoms with E-state index in [1.54, 1.807) is 25.1 Å². The molecule has 158 valence electrons. The number of hydrogen-bond acceptors (Lipinski definition) is 7. The second-order valence-corrected chi connectivity index (χ2v) is 6.58. The Kier molecular flexibility index (Phi) is 5.01. The zero-order valence-corrected chi connectivity index (χ0v) is 16.1. The normalized spacial score (nSPS) is 11.6. The average molecular weight is 428 g/mol. The Morgan fingerprint density at radius 3 is 2.61 bits per heavy atom. The second kappa shape index (κ2) is 7.67. The number of carbonyl (C=O) groups is 1. The minimum absolute atomic E-state index is 0.134. The highest BCUT2D eigenvalue weighted by Gasteiger charge is 2.31. The summed E-state index contributed by atoms with van der Waals surface area (Å²) < 4.78 is 44.6. The Bertz CT molecular complexity index is 1270. The molecule has 0 atom stereocenters. The number of ether oxygens (including phenoxy) is 1. The first-order chi connectivity index (χ1) is 14.7. The van der Waals surface area contributed by atoms with Gasteiger partial charge < -0.3 is 10.5 Å². The van der Waals surface area contributed by atoms with Crippen molar-refractivity contribution in [2.24, 2.45) is 0 Å². The third-order valence-corrected chi connectivity index (χ3v) is 4.53. The van der Waals surface area contributed by atoms with Crippen molar-refractivity contribution >= 4 is 22.7 Å². The zero-order chi connectivity index (χ0) is 22.2. The topological polar surface area (TPSA) is 109 Å². The quantitative estimate of drug-likeness (QED) is 0.496. The lowest BCUT2D eigenvalue weighted by Gasteiger charge is -2.08. The molecule has 0 amide bonds. The molecule has 3 heterocycles. The van der Waals surface area contributed by atoms with E-state index in [2.05, 4.69) is 20.1 Å². The number of nitrogens with zero attached hydrogens (tertiary/aromatic N) is 5. The number of esters is 1. The molecule has 11 heteroatoms. The first kappa shape index (κ1) is 20.3. The number of pyridine rings is 1. The number of rotatable bonds is 4.